The number of rotatable bonds is 3. The number of hydrogen-bond donors (Lipinski definition) is 0. The Hall–Kier alpha value is -1.76. The lowest BCUT2D eigenvalue weighted by atomic mass is 10.1. The van der Waals surface area contributed by atoms with Crippen molar-refractivity contribution in [2.24, 2.45) is 0 Å². The number of hydrogen-bond acceptors (Lipinski definition) is 5. The Labute approximate surface area is 136 Å². The summed E-state index contributed by atoms with van der Waals surface area (Å²) in [7, 11) is 0. The van der Waals surface area contributed by atoms with Gasteiger partial charge in [0.2, 0.25) is 5.88 Å². The van der Waals surface area contributed by atoms with Gasteiger partial charge < -0.3 is 9.64 Å². The zero-order valence-corrected chi connectivity index (χ0v) is 13.8. The van der Waals surface area contributed by atoms with Crippen molar-refractivity contribution < 1.29 is 9.13 Å². The molecule has 0 bridgehead atoms. The van der Waals surface area contributed by atoms with Gasteiger partial charge in [-0.1, -0.05) is 0 Å². The molecule has 0 saturated carbocycles. The van der Waals surface area contributed by atoms with Gasteiger partial charge in [0.1, 0.15) is 6.10 Å². The van der Waals surface area contributed by atoms with E-state index >= 15 is 0 Å². The highest BCUT2D eigenvalue weighted by Crippen LogP contribution is 2.24. The average Bonchev–Trinajstić information content (AvgIpc) is 2.48. The number of anilines is 1. The van der Waals surface area contributed by atoms with Gasteiger partial charge in [0.25, 0.3) is 0 Å². The van der Waals surface area contributed by atoms with Gasteiger partial charge in [-0.2, -0.15) is 0 Å². The minimum Gasteiger partial charge on any atom is -0.473 e. The second-order valence-corrected chi connectivity index (χ2v) is 6.18. The van der Waals surface area contributed by atoms with Crippen LogP contribution in [0.25, 0.3) is 0 Å². The molecular weight excluding hydrogens is 351 g/mol. The van der Waals surface area contributed by atoms with Crippen LogP contribution in [-0.4, -0.2) is 34.1 Å². The van der Waals surface area contributed by atoms with Gasteiger partial charge in [-0.15, -0.1) is 0 Å². The van der Waals surface area contributed by atoms with Crippen molar-refractivity contribution in [3.8, 4) is 5.88 Å². The zero-order valence-electron chi connectivity index (χ0n) is 12.2. The summed E-state index contributed by atoms with van der Waals surface area (Å²) in [6, 6.07) is 1.44. The van der Waals surface area contributed by atoms with Crippen LogP contribution in [0.2, 0.25) is 0 Å². The van der Waals surface area contributed by atoms with Gasteiger partial charge in [-0.25, -0.2) is 14.4 Å². The topological polar surface area (TPSA) is 51.1 Å². The predicted octanol–water partition coefficient (Wildman–Crippen LogP) is 3.13. The highest BCUT2D eigenvalue weighted by Gasteiger charge is 2.23. The van der Waals surface area contributed by atoms with Crippen LogP contribution in [0.15, 0.2) is 29.1 Å². The Morgan fingerprint density at radius 2 is 2.05 bits per heavy atom. The molecule has 2 aromatic heterocycles. The third-order valence-corrected chi connectivity index (χ3v) is 3.98. The van der Waals surface area contributed by atoms with E-state index in [0.29, 0.717) is 29.3 Å². The van der Waals surface area contributed by atoms with Crippen LogP contribution in [0.4, 0.5) is 10.2 Å². The van der Waals surface area contributed by atoms with Crippen molar-refractivity contribution in [1.82, 2.24) is 15.0 Å². The van der Waals surface area contributed by atoms with Crippen LogP contribution in [0, 0.1) is 12.7 Å². The predicted molar refractivity (Wildman–Crippen MR) is 84.5 cm³/mol. The first-order valence-electron chi connectivity index (χ1n) is 7.13. The molecule has 3 heterocycles. The highest BCUT2D eigenvalue weighted by atomic mass is 79.9. The molecule has 0 spiro atoms. The molecule has 0 radical (unpaired) electrons. The Morgan fingerprint density at radius 1 is 1.27 bits per heavy atom. The highest BCUT2D eigenvalue weighted by molar-refractivity contribution is 9.10. The van der Waals surface area contributed by atoms with E-state index in [1.54, 1.807) is 18.6 Å². The van der Waals surface area contributed by atoms with Gasteiger partial charge in [0.15, 0.2) is 11.6 Å². The Balaban J connectivity index is 1.60. The first-order chi connectivity index (χ1) is 10.6. The fraction of sp³-hybridized carbons (Fsp3) is 0.400. The first-order valence-corrected chi connectivity index (χ1v) is 7.92. The Bertz CT molecular complexity index is 662. The molecule has 0 atom stereocenters. The number of halogens is 2. The fourth-order valence-corrected chi connectivity index (χ4v) is 2.80. The van der Waals surface area contributed by atoms with Crippen LogP contribution in [0.3, 0.4) is 0 Å². The molecule has 1 fully saturated rings. The number of aromatic nitrogens is 3. The quantitative estimate of drug-likeness (QED) is 0.835. The van der Waals surface area contributed by atoms with Crippen molar-refractivity contribution in [2.45, 2.75) is 25.9 Å². The van der Waals surface area contributed by atoms with Gasteiger partial charge >= 0.3 is 0 Å². The summed E-state index contributed by atoms with van der Waals surface area (Å²) >= 11 is 3.22. The van der Waals surface area contributed by atoms with E-state index in [0.717, 1.165) is 18.5 Å². The van der Waals surface area contributed by atoms with Crippen molar-refractivity contribution in [1.29, 1.82) is 0 Å². The van der Waals surface area contributed by atoms with E-state index in [-0.39, 0.29) is 11.9 Å². The van der Waals surface area contributed by atoms with Gasteiger partial charge in [-0.05, 0) is 28.9 Å². The first kappa shape index (κ1) is 15.1. The molecule has 116 valence electrons. The molecule has 22 heavy (non-hydrogen) atoms. The number of pyridine rings is 1. The van der Waals surface area contributed by atoms with Gasteiger partial charge in [-0.3, -0.25) is 4.98 Å². The summed E-state index contributed by atoms with van der Waals surface area (Å²) in [5.41, 5.74) is 0.830. The lowest BCUT2D eigenvalue weighted by Crippen LogP contribution is -2.39. The standard InChI is InChI=1S/C15H16BrFN4O/c1-10-7-18-9-14(20-10)22-12-2-4-21(5-3-12)15-13(17)6-11(16)8-19-15/h6-9,12H,2-5H2,1H3. The molecule has 2 aromatic rings. The molecule has 1 saturated heterocycles. The third kappa shape index (κ3) is 3.52. The largest absolute Gasteiger partial charge is 0.473 e. The SMILES string of the molecule is Cc1cncc(OC2CCN(c3ncc(Br)cc3F)CC2)n1. The van der Waals surface area contributed by atoms with Crippen LogP contribution in [0.1, 0.15) is 18.5 Å². The summed E-state index contributed by atoms with van der Waals surface area (Å²) < 4.78 is 20.4. The van der Waals surface area contributed by atoms with Gasteiger partial charge in [0, 0.05) is 42.8 Å². The van der Waals surface area contributed by atoms with E-state index in [2.05, 4.69) is 30.9 Å². The minimum absolute atomic E-state index is 0.0749. The minimum atomic E-state index is -0.307. The molecule has 0 aliphatic carbocycles. The molecule has 0 unspecified atom stereocenters. The zero-order chi connectivity index (χ0) is 15.5. The summed E-state index contributed by atoms with van der Waals surface area (Å²) in [5.74, 6) is 0.640. The van der Waals surface area contributed by atoms with Crippen molar-refractivity contribution in [3.05, 3.63) is 40.6 Å². The molecule has 1 aliphatic heterocycles. The van der Waals surface area contributed by atoms with Crippen molar-refractivity contribution >= 4 is 21.7 Å². The molecule has 5 nitrogen and oxygen atoms in total. The van der Waals surface area contributed by atoms with Gasteiger partial charge in [0.05, 0.1) is 11.9 Å². The Kier molecular flexibility index (Phi) is 4.52. The van der Waals surface area contributed by atoms with Crippen LogP contribution < -0.4 is 9.64 Å². The number of aryl methyl sites for hydroxylation is 1. The molecule has 7 heteroatoms. The summed E-state index contributed by atoms with van der Waals surface area (Å²) in [6.45, 7) is 3.29. The molecule has 0 aromatic carbocycles. The maximum absolute atomic E-state index is 13.9. The average molecular weight is 367 g/mol. The lowest BCUT2D eigenvalue weighted by molar-refractivity contribution is 0.162. The van der Waals surface area contributed by atoms with E-state index in [9.17, 15) is 4.39 Å². The van der Waals surface area contributed by atoms with Crippen molar-refractivity contribution in [2.75, 3.05) is 18.0 Å². The second kappa shape index (κ2) is 6.56. The third-order valence-electron chi connectivity index (χ3n) is 3.55. The lowest BCUT2D eigenvalue weighted by Gasteiger charge is -2.32. The van der Waals surface area contributed by atoms with Crippen LogP contribution in [0.5, 0.6) is 5.88 Å². The summed E-state index contributed by atoms with van der Waals surface area (Å²) in [4.78, 5) is 14.5. The molecule has 0 amide bonds. The Morgan fingerprint density at radius 3 is 2.73 bits per heavy atom. The summed E-state index contributed by atoms with van der Waals surface area (Å²) in [5, 5.41) is 0. The molecule has 1 aliphatic rings. The van der Waals surface area contributed by atoms with Crippen molar-refractivity contribution in [3.63, 3.8) is 0 Å². The molecule has 0 N–H and O–H groups in total. The van der Waals surface area contributed by atoms with Crippen LogP contribution in [-0.2, 0) is 0 Å². The number of nitrogens with zero attached hydrogens (tertiary/aromatic N) is 4. The van der Waals surface area contributed by atoms with Crippen LogP contribution >= 0.6 is 15.9 Å². The smallest absolute Gasteiger partial charge is 0.232 e. The van der Waals surface area contributed by atoms with E-state index in [4.69, 9.17) is 4.74 Å². The number of piperidine rings is 1. The van der Waals surface area contributed by atoms with E-state index in [1.165, 1.54) is 6.07 Å². The maximum Gasteiger partial charge on any atom is 0.232 e. The normalized spacial score (nSPS) is 15.9. The summed E-state index contributed by atoms with van der Waals surface area (Å²) in [6.07, 6.45) is 6.60. The second-order valence-electron chi connectivity index (χ2n) is 5.26. The fourth-order valence-electron chi connectivity index (χ4n) is 2.49. The molecule has 3 rings (SSSR count). The number of ether oxygens (including phenoxy) is 1. The maximum atomic E-state index is 13.9. The van der Waals surface area contributed by atoms with E-state index < -0.39 is 0 Å². The van der Waals surface area contributed by atoms with E-state index in [1.807, 2.05) is 11.8 Å². The molecular formula is C15H16BrFN4O. The monoisotopic (exact) mass is 366 g/mol.